The first-order valence-electron chi connectivity index (χ1n) is 11.1. The van der Waals surface area contributed by atoms with Crippen molar-refractivity contribution in [3.63, 3.8) is 0 Å². The molecular weight excluding hydrogens is 489 g/mol. The zero-order chi connectivity index (χ0) is 23.0. The average molecular weight is 513 g/mol. The van der Waals surface area contributed by atoms with E-state index >= 15 is 0 Å². The molecule has 0 bridgehead atoms. The highest BCUT2D eigenvalue weighted by Crippen LogP contribution is 2.50. The lowest BCUT2D eigenvalue weighted by Crippen LogP contribution is -1.94. The molecule has 1 aliphatic heterocycles. The predicted octanol–water partition coefficient (Wildman–Crippen LogP) is 9.90. The minimum Gasteiger partial charge on any atom is -0.113 e. The second-order valence-electron chi connectivity index (χ2n) is 7.59. The summed E-state index contributed by atoms with van der Waals surface area (Å²) < 4.78 is 0. The van der Waals surface area contributed by atoms with Gasteiger partial charge in [-0.05, 0) is 22.3 Å². The summed E-state index contributed by atoms with van der Waals surface area (Å²) in [6.45, 7) is 0. The lowest BCUT2D eigenvalue weighted by atomic mass is 10.1. The van der Waals surface area contributed by atoms with Crippen LogP contribution >= 0.6 is 47.0 Å². The van der Waals surface area contributed by atoms with E-state index in [1.54, 1.807) is 0 Å². The molecule has 1 heterocycles. The fourth-order valence-corrected chi connectivity index (χ4v) is 9.04. The quantitative estimate of drug-likeness (QED) is 0.267. The van der Waals surface area contributed by atoms with Gasteiger partial charge in [-0.25, -0.2) is 0 Å². The third-order valence-corrected chi connectivity index (χ3v) is 10.4. The van der Waals surface area contributed by atoms with Crippen molar-refractivity contribution in [2.75, 3.05) is 10.2 Å². The molecule has 0 atom stereocenters. The van der Waals surface area contributed by atoms with Gasteiger partial charge in [0, 0.05) is 29.8 Å². The normalized spacial score (nSPS) is 19.5. The molecule has 0 amide bonds. The molecule has 0 aliphatic carbocycles. The van der Waals surface area contributed by atoms with Crippen LogP contribution in [0, 0.1) is 0 Å². The molecule has 0 unspecified atom stereocenters. The van der Waals surface area contributed by atoms with Crippen molar-refractivity contribution >= 4 is 66.7 Å². The molecule has 0 saturated heterocycles. The Labute approximate surface area is 219 Å². The Balaban J connectivity index is 1.58. The summed E-state index contributed by atoms with van der Waals surface area (Å²) in [5.41, 5.74) is 5.16. The van der Waals surface area contributed by atoms with Crippen molar-refractivity contribution in [3.05, 3.63) is 144 Å². The van der Waals surface area contributed by atoms with Crippen LogP contribution in [0.3, 0.4) is 0 Å². The van der Waals surface area contributed by atoms with Gasteiger partial charge in [0.15, 0.2) is 0 Å². The Morgan fingerprint density at radius 1 is 0.294 bits per heavy atom. The Bertz CT molecular complexity index is 1060. The van der Waals surface area contributed by atoms with E-state index in [0.29, 0.717) is 0 Å². The molecule has 4 heteroatoms. The van der Waals surface area contributed by atoms with Crippen LogP contribution in [0.4, 0.5) is 0 Å². The third kappa shape index (κ3) is 5.69. The van der Waals surface area contributed by atoms with Gasteiger partial charge in [0.2, 0.25) is 0 Å². The Hall–Kier alpha value is -2.24. The highest BCUT2D eigenvalue weighted by atomic mass is 32.2. The highest BCUT2D eigenvalue weighted by Gasteiger charge is 2.19. The van der Waals surface area contributed by atoms with E-state index < -0.39 is 0 Å². The zero-order valence-corrected chi connectivity index (χ0v) is 21.9. The monoisotopic (exact) mass is 512 g/mol. The number of benzene rings is 4. The van der Waals surface area contributed by atoms with Crippen molar-refractivity contribution in [2.24, 2.45) is 0 Å². The molecule has 168 valence electrons. The molecule has 0 radical (unpaired) electrons. The lowest BCUT2D eigenvalue weighted by molar-refractivity contribution is 1.63. The topological polar surface area (TPSA) is 0 Å². The summed E-state index contributed by atoms with van der Waals surface area (Å²) in [5, 5.41) is 1.89. The van der Waals surface area contributed by atoms with E-state index in [1.165, 1.54) is 41.9 Å². The van der Waals surface area contributed by atoms with Crippen LogP contribution in [-0.4, -0.2) is 10.2 Å². The van der Waals surface area contributed by atoms with Crippen LogP contribution in [0.1, 0.15) is 22.3 Å². The lowest BCUT2D eigenvalue weighted by Gasteiger charge is -2.21. The summed E-state index contributed by atoms with van der Waals surface area (Å²) in [7, 11) is 0. The SMILES string of the molecule is c1ccc(/C2=C(\c3ccccc3)SCS/C(c3ccccc3)=C(/c3ccccc3)SCS2)cc1. The fraction of sp³-hybridized carbons (Fsp3) is 0.0667. The van der Waals surface area contributed by atoms with E-state index in [-0.39, 0.29) is 0 Å². The summed E-state index contributed by atoms with van der Waals surface area (Å²) in [6, 6.07) is 43.4. The predicted molar refractivity (Wildman–Crippen MR) is 159 cm³/mol. The van der Waals surface area contributed by atoms with Crippen molar-refractivity contribution in [3.8, 4) is 0 Å². The van der Waals surface area contributed by atoms with Gasteiger partial charge in [-0.3, -0.25) is 0 Å². The van der Waals surface area contributed by atoms with E-state index in [2.05, 4.69) is 121 Å². The van der Waals surface area contributed by atoms with E-state index in [4.69, 9.17) is 0 Å². The van der Waals surface area contributed by atoms with E-state index in [0.717, 1.165) is 10.2 Å². The standard InChI is InChI=1S/C30H24S4/c1-5-13-23(14-6-1)27-28(24-15-7-2-8-16-24)32-22-34-30(26-19-11-4-12-20-26)29(33-21-31-27)25-17-9-3-10-18-25/h1-20H,21-22H2/b28-27-,30-29-. The second kappa shape index (κ2) is 11.9. The molecule has 0 spiro atoms. The van der Waals surface area contributed by atoms with Gasteiger partial charge in [0.1, 0.15) is 0 Å². The van der Waals surface area contributed by atoms with E-state index in [9.17, 15) is 0 Å². The molecule has 0 N–H and O–H groups in total. The molecule has 1 aliphatic rings. The van der Waals surface area contributed by atoms with Gasteiger partial charge in [-0.1, -0.05) is 121 Å². The van der Waals surface area contributed by atoms with E-state index in [1.807, 2.05) is 47.0 Å². The number of rotatable bonds is 4. The van der Waals surface area contributed by atoms with Crippen LogP contribution in [0.15, 0.2) is 121 Å². The number of thioether (sulfide) groups is 4. The maximum absolute atomic E-state index is 2.23. The van der Waals surface area contributed by atoms with Crippen molar-refractivity contribution < 1.29 is 0 Å². The van der Waals surface area contributed by atoms with Crippen LogP contribution in [0.2, 0.25) is 0 Å². The van der Waals surface area contributed by atoms with Crippen molar-refractivity contribution in [1.82, 2.24) is 0 Å². The minimum absolute atomic E-state index is 0.947. The Morgan fingerprint density at radius 3 is 0.706 bits per heavy atom. The molecule has 4 aromatic carbocycles. The molecule has 0 fully saturated rings. The molecule has 0 aromatic heterocycles. The minimum atomic E-state index is 0.947. The molecule has 4 aromatic rings. The highest BCUT2D eigenvalue weighted by molar-refractivity contribution is 8.29. The molecule has 0 saturated carbocycles. The van der Waals surface area contributed by atoms with Gasteiger partial charge in [0.25, 0.3) is 0 Å². The van der Waals surface area contributed by atoms with Crippen LogP contribution < -0.4 is 0 Å². The molecular formula is C30H24S4. The summed E-state index contributed by atoms with van der Waals surface area (Å²) in [6.07, 6.45) is 0. The number of hydrogen-bond donors (Lipinski definition) is 0. The van der Waals surface area contributed by atoms with Crippen molar-refractivity contribution in [1.29, 1.82) is 0 Å². The summed E-state index contributed by atoms with van der Waals surface area (Å²) >= 11 is 7.80. The maximum atomic E-state index is 2.23. The number of hydrogen-bond acceptors (Lipinski definition) is 4. The third-order valence-electron chi connectivity index (χ3n) is 5.37. The van der Waals surface area contributed by atoms with Gasteiger partial charge >= 0.3 is 0 Å². The first-order chi connectivity index (χ1) is 16.9. The first kappa shape index (κ1) is 23.5. The van der Waals surface area contributed by atoms with Gasteiger partial charge in [0.05, 0.1) is 0 Å². The van der Waals surface area contributed by atoms with Gasteiger partial charge < -0.3 is 0 Å². The van der Waals surface area contributed by atoms with Crippen LogP contribution in [0.25, 0.3) is 19.6 Å². The Morgan fingerprint density at radius 2 is 0.500 bits per heavy atom. The summed E-state index contributed by atoms with van der Waals surface area (Å²) in [4.78, 5) is 5.45. The molecule has 34 heavy (non-hydrogen) atoms. The Kier molecular flexibility index (Phi) is 8.25. The van der Waals surface area contributed by atoms with Crippen LogP contribution in [-0.2, 0) is 0 Å². The van der Waals surface area contributed by atoms with Crippen molar-refractivity contribution in [2.45, 2.75) is 0 Å². The zero-order valence-electron chi connectivity index (χ0n) is 18.6. The maximum Gasteiger partial charge on any atom is 0.0488 e. The van der Waals surface area contributed by atoms with Gasteiger partial charge in [-0.15, -0.1) is 47.0 Å². The summed E-state index contributed by atoms with van der Waals surface area (Å²) in [5.74, 6) is 0. The fourth-order valence-electron chi connectivity index (χ4n) is 3.77. The first-order valence-corrected chi connectivity index (χ1v) is 15.1. The molecule has 5 rings (SSSR count). The second-order valence-corrected chi connectivity index (χ2v) is 12.3. The largest absolute Gasteiger partial charge is 0.113 e. The van der Waals surface area contributed by atoms with Crippen LogP contribution in [0.5, 0.6) is 0 Å². The van der Waals surface area contributed by atoms with Gasteiger partial charge in [-0.2, -0.15) is 0 Å². The molecule has 0 nitrogen and oxygen atoms in total. The smallest absolute Gasteiger partial charge is 0.0488 e. The average Bonchev–Trinajstić information content (AvgIpc) is 2.92.